The van der Waals surface area contributed by atoms with Crippen LogP contribution in [-0.4, -0.2) is 13.1 Å². The lowest BCUT2D eigenvalue weighted by molar-refractivity contribution is 0.447. The van der Waals surface area contributed by atoms with Gasteiger partial charge in [0, 0.05) is 23.2 Å². The Morgan fingerprint density at radius 3 is 2.62 bits per heavy atom. The smallest absolute Gasteiger partial charge is 0.0377 e. The molecule has 0 amide bonds. The molecule has 0 aliphatic carbocycles. The highest BCUT2D eigenvalue weighted by atomic mass is 79.9. The van der Waals surface area contributed by atoms with Gasteiger partial charge < -0.3 is 4.90 Å². The number of hydrogen-bond acceptors (Lipinski definition) is 1. The molecule has 0 spiro atoms. The van der Waals surface area contributed by atoms with Crippen molar-refractivity contribution in [3.63, 3.8) is 0 Å². The lowest BCUT2D eigenvalue weighted by Gasteiger charge is -2.39. The quantitative estimate of drug-likeness (QED) is 0.728. The molecule has 2 rings (SSSR count). The van der Waals surface area contributed by atoms with Crippen molar-refractivity contribution in [2.75, 3.05) is 18.0 Å². The first-order valence-corrected chi connectivity index (χ1v) is 5.47. The maximum atomic E-state index is 3.56. The number of anilines is 1. The molecule has 0 atom stereocenters. The summed E-state index contributed by atoms with van der Waals surface area (Å²) < 4.78 is 1.21. The third kappa shape index (κ3) is 1.73. The monoisotopic (exact) mass is 239 g/mol. The van der Waals surface area contributed by atoms with Crippen LogP contribution in [0.15, 0.2) is 22.7 Å². The number of benzene rings is 1. The van der Waals surface area contributed by atoms with Gasteiger partial charge in [-0.15, -0.1) is 0 Å². The van der Waals surface area contributed by atoms with Crippen LogP contribution in [0, 0.1) is 12.8 Å². The molecule has 0 bridgehead atoms. The molecular formula is C11H14BrN. The molecule has 1 aliphatic rings. The number of rotatable bonds is 1. The van der Waals surface area contributed by atoms with E-state index in [-0.39, 0.29) is 0 Å². The molecule has 0 aromatic heterocycles. The standard InChI is InChI=1S/C11H14BrN/c1-8-6-13(7-8)10-4-3-9(2)11(12)5-10/h3-5,8H,6-7H2,1-2H3. The van der Waals surface area contributed by atoms with Crippen LogP contribution in [0.4, 0.5) is 5.69 Å². The molecule has 1 aromatic rings. The highest BCUT2D eigenvalue weighted by Crippen LogP contribution is 2.28. The molecule has 13 heavy (non-hydrogen) atoms. The summed E-state index contributed by atoms with van der Waals surface area (Å²) in [4.78, 5) is 2.41. The Kier molecular flexibility index (Phi) is 2.33. The van der Waals surface area contributed by atoms with Gasteiger partial charge in [-0.25, -0.2) is 0 Å². The summed E-state index contributed by atoms with van der Waals surface area (Å²) >= 11 is 3.56. The molecule has 1 nitrogen and oxygen atoms in total. The zero-order valence-electron chi connectivity index (χ0n) is 8.05. The molecule has 0 saturated carbocycles. The minimum absolute atomic E-state index is 0.861. The molecule has 0 unspecified atom stereocenters. The zero-order chi connectivity index (χ0) is 9.42. The van der Waals surface area contributed by atoms with E-state index in [2.05, 4.69) is 52.9 Å². The second-order valence-corrected chi connectivity index (χ2v) is 4.80. The van der Waals surface area contributed by atoms with Crippen molar-refractivity contribution in [1.29, 1.82) is 0 Å². The van der Waals surface area contributed by atoms with Gasteiger partial charge in [0.05, 0.1) is 0 Å². The minimum Gasteiger partial charge on any atom is -0.371 e. The van der Waals surface area contributed by atoms with E-state index in [0.29, 0.717) is 0 Å². The Labute approximate surface area is 87.9 Å². The predicted octanol–water partition coefficient (Wildman–Crippen LogP) is 3.21. The molecule has 0 N–H and O–H groups in total. The number of aryl methyl sites for hydroxylation is 1. The average molecular weight is 240 g/mol. The van der Waals surface area contributed by atoms with Crippen LogP contribution < -0.4 is 4.90 Å². The molecule has 70 valence electrons. The summed E-state index contributed by atoms with van der Waals surface area (Å²) in [5, 5.41) is 0. The zero-order valence-corrected chi connectivity index (χ0v) is 9.63. The molecular weight excluding hydrogens is 226 g/mol. The molecule has 1 heterocycles. The predicted molar refractivity (Wildman–Crippen MR) is 60.3 cm³/mol. The lowest BCUT2D eigenvalue weighted by atomic mass is 10.0. The van der Waals surface area contributed by atoms with Crippen molar-refractivity contribution >= 4 is 21.6 Å². The molecule has 1 saturated heterocycles. The van der Waals surface area contributed by atoms with Gasteiger partial charge in [0.2, 0.25) is 0 Å². The Hall–Kier alpha value is -0.500. The first-order chi connectivity index (χ1) is 6.16. The second-order valence-electron chi connectivity index (χ2n) is 3.94. The molecule has 2 heteroatoms. The average Bonchev–Trinajstić information content (AvgIpc) is 2.05. The van der Waals surface area contributed by atoms with Crippen molar-refractivity contribution in [2.24, 2.45) is 5.92 Å². The summed E-state index contributed by atoms with van der Waals surface area (Å²) in [6.45, 7) is 6.82. The van der Waals surface area contributed by atoms with Crippen LogP contribution in [0.2, 0.25) is 0 Å². The van der Waals surface area contributed by atoms with E-state index in [1.165, 1.54) is 28.8 Å². The van der Waals surface area contributed by atoms with Crippen molar-refractivity contribution in [1.82, 2.24) is 0 Å². The van der Waals surface area contributed by atoms with Crippen LogP contribution in [-0.2, 0) is 0 Å². The van der Waals surface area contributed by atoms with Gasteiger partial charge in [0.25, 0.3) is 0 Å². The van der Waals surface area contributed by atoms with E-state index in [4.69, 9.17) is 0 Å². The molecule has 0 radical (unpaired) electrons. The van der Waals surface area contributed by atoms with Crippen LogP contribution in [0.3, 0.4) is 0 Å². The third-order valence-electron chi connectivity index (χ3n) is 2.58. The SMILES string of the molecule is Cc1ccc(N2CC(C)C2)cc1Br. The van der Waals surface area contributed by atoms with Crippen LogP contribution in [0.25, 0.3) is 0 Å². The topological polar surface area (TPSA) is 3.24 Å². The largest absolute Gasteiger partial charge is 0.371 e. The van der Waals surface area contributed by atoms with E-state index in [0.717, 1.165) is 5.92 Å². The summed E-state index contributed by atoms with van der Waals surface area (Å²) in [5.74, 6) is 0.861. The Balaban J connectivity index is 2.18. The van der Waals surface area contributed by atoms with Gasteiger partial charge >= 0.3 is 0 Å². The molecule has 1 fully saturated rings. The van der Waals surface area contributed by atoms with Gasteiger partial charge in [0.15, 0.2) is 0 Å². The fourth-order valence-electron chi connectivity index (χ4n) is 1.69. The van der Waals surface area contributed by atoms with Crippen molar-refractivity contribution in [3.05, 3.63) is 28.2 Å². The van der Waals surface area contributed by atoms with Gasteiger partial charge in [-0.1, -0.05) is 28.9 Å². The van der Waals surface area contributed by atoms with Crippen molar-refractivity contribution in [3.8, 4) is 0 Å². The lowest BCUT2D eigenvalue weighted by Crippen LogP contribution is -2.45. The number of hydrogen-bond donors (Lipinski definition) is 0. The molecule has 1 aliphatic heterocycles. The van der Waals surface area contributed by atoms with Crippen LogP contribution in [0.5, 0.6) is 0 Å². The number of halogens is 1. The van der Waals surface area contributed by atoms with Crippen LogP contribution in [0.1, 0.15) is 12.5 Å². The van der Waals surface area contributed by atoms with Gasteiger partial charge in [-0.2, -0.15) is 0 Å². The van der Waals surface area contributed by atoms with E-state index in [1.807, 2.05) is 0 Å². The second kappa shape index (κ2) is 3.33. The summed E-state index contributed by atoms with van der Waals surface area (Å²) in [6, 6.07) is 6.58. The first kappa shape index (κ1) is 9.07. The maximum absolute atomic E-state index is 3.56. The minimum atomic E-state index is 0.861. The van der Waals surface area contributed by atoms with E-state index in [9.17, 15) is 0 Å². The Morgan fingerprint density at radius 1 is 1.38 bits per heavy atom. The van der Waals surface area contributed by atoms with Crippen LogP contribution >= 0.6 is 15.9 Å². The van der Waals surface area contributed by atoms with Crippen molar-refractivity contribution < 1.29 is 0 Å². The van der Waals surface area contributed by atoms with Crippen molar-refractivity contribution in [2.45, 2.75) is 13.8 Å². The van der Waals surface area contributed by atoms with E-state index in [1.54, 1.807) is 0 Å². The summed E-state index contributed by atoms with van der Waals surface area (Å²) in [7, 11) is 0. The first-order valence-electron chi connectivity index (χ1n) is 4.68. The Morgan fingerprint density at radius 2 is 2.08 bits per heavy atom. The Bertz CT molecular complexity index is 316. The maximum Gasteiger partial charge on any atom is 0.0377 e. The summed E-state index contributed by atoms with van der Waals surface area (Å²) in [6.07, 6.45) is 0. The highest BCUT2D eigenvalue weighted by Gasteiger charge is 2.22. The third-order valence-corrected chi connectivity index (χ3v) is 3.44. The van der Waals surface area contributed by atoms with E-state index >= 15 is 0 Å². The highest BCUT2D eigenvalue weighted by molar-refractivity contribution is 9.10. The number of nitrogens with zero attached hydrogens (tertiary/aromatic N) is 1. The van der Waals surface area contributed by atoms with Gasteiger partial charge in [-0.05, 0) is 30.5 Å². The van der Waals surface area contributed by atoms with Gasteiger partial charge in [-0.3, -0.25) is 0 Å². The summed E-state index contributed by atoms with van der Waals surface area (Å²) in [5.41, 5.74) is 2.65. The fraction of sp³-hybridized carbons (Fsp3) is 0.455. The normalized spacial score (nSPS) is 17.3. The fourth-order valence-corrected chi connectivity index (χ4v) is 2.05. The van der Waals surface area contributed by atoms with E-state index < -0.39 is 0 Å². The van der Waals surface area contributed by atoms with Gasteiger partial charge in [0.1, 0.15) is 0 Å². The molecule has 1 aromatic carbocycles.